The predicted molar refractivity (Wildman–Crippen MR) is 79.1 cm³/mol. The highest BCUT2D eigenvalue weighted by atomic mass is 35.5. The second-order valence-corrected chi connectivity index (χ2v) is 5.00. The first kappa shape index (κ1) is 15.1. The molecule has 2 rings (SSSR count). The number of nitro groups is 1. The monoisotopic (exact) mass is 322 g/mol. The van der Waals surface area contributed by atoms with Gasteiger partial charge in [0.25, 0.3) is 5.69 Å². The van der Waals surface area contributed by atoms with Crippen LogP contribution in [0.4, 0.5) is 5.69 Å². The molecular weight excluding hydrogens is 315 g/mol. The molecule has 2 aromatic carbocycles. The second-order valence-electron chi connectivity index (χ2n) is 4.19. The molecular formula is C14H8Cl2N2O3. The number of rotatable bonds is 3. The molecule has 7 heteroatoms. The van der Waals surface area contributed by atoms with E-state index in [0.717, 1.165) is 5.56 Å². The maximum Gasteiger partial charge on any atom is 0.272 e. The molecule has 0 unspecified atom stereocenters. The van der Waals surface area contributed by atoms with E-state index in [9.17, 15) is 10.1 Å². The van der Waals surface area contributed by atoms with Gasteiger partial charge < -0.3 is 4.74 Å². The Labute approximate surface area is 130 Å². The number of nitriles is 1. The minimum atomic E-state index is -0.590. The summed E-state index contributed by atoms with van der Waals surface area (Å²) in [4.78, 5) is 10.1. The van der Waals surface area contributed by atoms with Crippen molar-refractivity contribution < 1.29 is 9.66 Å². The number of aryl methyl sites for hydroxylation is 1. The number of halogens is 2. The highest BCUT2D eigenvalue weighted by molar-refractivity contribution is 6.37. The van der Waals surface area contributed by atoms with Crippen molar-refractivity contribution in [3.8, 4) is 17.6 Å². The number of benzene rings is 2. The molecule has 0 amide bonds. The maximum atomic E-state index is 10.7. The number of ether oxygens (including phenoxy) is 1. The fourth-order valence-corrected chi connectivity index (χ4v) is 2.25. The van der Waals surface area contributed by atoms with E-state index in [4.69, 9.17) is 33.2 Å². The maximum absolute atomic E-state index is 10.7. The van der Waals surface area contributed by atoms with Crippen molar-refractivity contribution in [2.75, 3.05) is 0 Å². The Balaban J connectivity index is 2.38. The van der Waals surface area contributed by atoms with E-state index < -0.39 is 4.92 Å². The van der Waals surface area contributed by atoms with Gasteiger partial charge in [-0.1, -0.05) is 23.2 Å². The predicted octanol–water partition coefficient (Wildman–Crippen LogP) is 4.87. The standard InChI is InChI=1S/C14H8Cl2N2O3/c1-8-4-11(3-2-9(8)7-17)21-14-12(15)5-10(18(19)20)6-13(14)16/h2-6H,1H3. The lowest BCUT2D eigenvalue weighted by Crippen LogP contribution is -1.92. The van der Waals surface area contributed by atoms with Crippen molar-refractivity contribution in [2.24, 2.45) is 0 Å². The van der Waals surface area contributed by atoms with E-state index in [0.29, 0.717) is 11.3 Å². The van der Waals surface area contributed by atoms with Crippen molar-refractivity contribution in [1.82, 2.24) is 0 Å². The molecule has 0 radical (unpaired) electrons. The Kier molecular flexibility index (Phi) is 4.32. The van der Waals surface area contributed by atoms with E-state index in [1.54, 1.807) is 25.1 Å². The SMILES string of the molecule is Cc1cc(Oc2c(Cl)cc([N+](=O)[O-])cc2Cl)ccc1C#N. The summed E-state index contributed by atoms with van der Waals surface area (Å²) in [5.41, 5.74) is 1.06. The number of non-ortho nitro benzene ring substituents is 1. The third kappa shape index (κ3) is 3.24. The molecule has 0 aliphatic heterocycles. The van der Waals surface area contributed by atoms with E-state index >= 15 is 0 Å². The van der Waals surface area contributed by atoms with Crippen LogP contribution < -0.4 is 4.74 Å². The number of nitro benzene ring substituents is 1. The molecule has 106 valence electrons. The molecule has 5 nitrogen and oxygen atoms in total. The van der Waals surface area contributed by atoms with Crippen LogP contribution >= 0.6 is 23.2 Å². The highest BCUT2D eigenvalue weighted by Gasteiger charge is 2.16. The van der Waals surface area contributed by atoms with Crippen LogP contribution in [-0.4, -0.2) is 4.92 Å². The Hall–Kier alpha value is -2.29. The molecule has 2 aromatic rings. The molecule has 21 heavy (non-hydrogen) atoms. The molecule has 0 atom stereocenters. The van der Waals surface area contributed by atoms with Gasteiger partial charge >= 0.3 is 0 Å². The highest BCUT2D eigenvalue weighted by Crippen LogP contribution is 2.39. The largest absolute Gasteiger partial charge is 0.454 e. The van der Waals surface area contributed by atoms with Crippen LogP contribution in [0.1, 0.15) is 11.1 Å². The average Bonchev–Trinajstić information content (AvgIpc) is 2.42. The Morgan fingerprint density at radius 2 is 1.86 bits per heavy atom. The first-order chi connectivity index (χ1) is 9.92. The third-order valence-corrected chi connectivity index (χ3v) is 3.29. The number of hydrogen-bond donors (Lipinski definition) is 0. The molecule has 0 aromatic heterocycles. The molecule has 0 saturated heterocycles. The van der Waals surface area contributed by atoms with E-state index in [1.165, 1.54) is 12.1 Å². The van der Waals surface area contributed by atoms with Crippen molar-refractivity contribution in [3.05, 3.63) is 61.6 Å². The molecule has 0 fully saturated rings. The van der Waals surface area contributed by atoms with Crippen molar-refractivity contribution in [3.63, 3.8) is 0 Å². The number of hydrogen-bond acceptors (Lipinski definition) is 4. The summed E-state index contributed by atoms with van der Waals surface area (Å²) >= 11 is 11.9. The van der Waals surface area contributed by atoms with Gasteiger partial charge in [0.1, 0.15) is 5.75 Å². The quantitative estimate of drug-likeness (QED) is 0.596. The number of nitrogens with zero attached hydrogens (tertiary/aromatic N) is 2. The van der Waals surface area contributed by atoms with Gasteiger partial charge in [-0.25, -0.2) is 0 Å². The summed E-state index contributed by atoms with van der Waals surface area (Å²) in [6, 6.07) is 9.24. The first-order valence-corrected chi connectivity index (χ1v) is 6.50. The molecule has 0 N–H and O–H groups in total. The van der Waals surface area contributed by atoms with Gasteiger partial charge in [0.15, 0.2) is 5.75 Å². The zero-order chi connectivity index (χ0) is 15.6. The first-order valence-electron chi connectivity index (χ1n) is 5.74. The molecule has 0 heterocycles. The average molecular weight is 323 g/mol. The molecule has 0 saturated carbocycles. The van der Waals surface area contributed by atoms with Crippen LogP contribution in [-0.2, 0) is 0 Å². The lowest BCUT2D eigenvalue weighted by Gasteiger charge is -2.10. The Morgan fingerprint density at radius 3 is 2.33 bits per heavy atom. The molecule has 0 spiro atoms. The minimum Gasteiger partial charge on any atom is -0.454 e. The summed E-state index contributed by atoms with van der Waals surface area (Å²) in [6.07, 6.45) is 0. The second kappa shape index (κ2) is 6.00. The summed E-state index contributed by atoms with van der Waals surface area (Å²) < 4.78 is 5.56. The van der Waals surface area contributed by atoms with Crippen LogP contribution in [0.2, 0.25) is 10.0 Å². The summed E-state index contributed by atoms with van der Waals surface area (Å²) in [5.74, 6) is 0.567. The Bertz CT molecular complexity index is 746. The van der Waals surface area contributed by atoms with E-state index in [1.807, 2.05) is 6.07 Å². The van der Waals surface area contributed by atoms with E-state index in [2.05, 4.69) is 0 Å². The van der Waals surface area contributed by atoms with Crippen LogP contribution in [0.15, 0.2) is 30.3 Å². The van der Waals surface area contributed by atoms with Gasteiger partial charge in [0, 0.05) is 12.1 Å². The third-order valence-electron chi connectivity index (χ3n) is 2.73. The zero-order valence-corrected chi connectivity index (χ0v) is 12.3. The Morgan fingerprint density at radius 1 is 1.24 bits per heavy atom. The van der Waals surface area contributed by atoms with Crippen LogP contribution in [0.3, 0.4) is 0 Å². The smallest absolute Gasteiger partial charge is 0.272 e. The lowest BCUT2D eigenvalue weighted by molar-refractivity contribution is -0.384. The normalized spacial score (nSPS) is 10.0. The van der Waals surface area contributed by atoms with Crippen LogP contribution in [0.25, 0.3) is 0 Å². The van der Waals surface area contributed by atoms with Gasteiger partial charge in [-0.2, -0.15) is 5.26 Å². The molecule has 0 aliphatic carbocycles. The minimum absolute atomic E-state index is 0.0382. The van der Waals surface area contributed by atoms with Crippen molar-refractivity contribution in [2.45, 2.75) is 6.92 Å². The van der Waals surface area contributed by atoms with Gasteiger partial charge in [-0.05, 0) is 30.7 Å². The summed E-state index contributed by atoms with van der Waals surface area (Å²) in [7, 11) is 0. The van der Waals surface area contributed by atoms with Crippen LogP contribution in [0.5, 0.6) is 11.5 Å². The lowest BCUT2D eigenvalue weighted by atomic mass is 10.1. The van der Waals surface area contributed by atoms with Gasteiger partial charge in [-0.15, -0.1) is 0 Å². The van der Waals surface area contributed by atoms with Gasteiger partial charge in [-0.3, -0.25) is 10.1 Å². The van der Waals surface area contributed by atoms with E-state index in [-0.39, 0.29) is 21.5 Å². The van der Waals surface area contributed by atoms with Crippen molar-refractivity contribution >= 4 is 28.9 Å². The fourth-order valence-electron chi connectivity index (χ4n) is 1.69. The van der Waals surface area contributed by atoms with Crippen LogP contribution in [0, 0.1) is 28.4 Å². The summed E-state index contributed by atoms with van der Waals surface area (Å²) in [5, 5.41) is 19.7. The fraction of sp³-hybridized carbons (Fsp3) is 0.0714. The van der Waals surface area contributed by atoms with Gasteiger partial charge in [0.2, 0.25) is 0 Å². The zero-order valence-electron chi connectivity index (χ0n) is 10.8. The molecule has 0 aliphatic rings. The molecule has 0 bridgehead atoms. The summed E-state index contributed by atoms with van der Waals surface area (Å²) in [6.45, 7) is 1.77. The topological polar surface area (TPSA) is 76.2 Å². The van der Waals surface area contributed by atoms with Gasteiger partial charge in [0.05, 0.1) is 26.6 Å². The van der Waals surface area contributed by atoms with Crippen molar-refractivity contribution in [1.29, 1.82) is 5.26 Å².